The summed E-state index contributed by atoms with van der Waals surface area (Å²) in [7, 11) is 2.02. The van der Waals surface area contributed by atoms with E-state index in [2.05, 4.69) is 39.5 Å². The summed E-state index contributed by atoms with van der Waals surface area (Å²) in [6.45, 7) is 9.18. The van der Waals surface area contributed by atoms with Crippen LogP contribution in [0.1, 0.15) is 24.4 Å². The summed E-state index contributed by atoms with van der Waals surface area (Å²) in [6.07, 6.45) is 0. The maximum absolute atomic E-state index is 9.84. The van der Waals surface area contributed by atoms with E-state index in [-0.39, 0.29) is 6.04 Å². The second kappa shape index (κ2) is 7.16. The highest BCUT2D eigenvalue weighted by Gasteiger charge is 2.29. The molecule has 0 N–H and O–H groups in total. The van der Waals surface area contributed by atoms with Gasteiger partial charge in [-0.15, -0.1) is 0 Å². The van der Waals surface area contributed by atoms with Crippen molar-refractivity contribution in [1.82, 2.24) is 19.4 Å². The Hall–Kier alpha value is -2.16. The highest BCUT2D eigenvalue weighted by molar-refractivity contribution is 5.57. The molecule has 0 radical (unpaired) electrons. The van der Waals surface area contributed by atoms with Gasteiger partial charge in [-0.1, -0.05) is 37.3 Å². The standard InChI is InChI=1S/C19H25N5/c1-4-23-10-12-24(13-11-23)17(14-20)18-15(2)21-19(22(18)3)16-8-6-5-7-9-16/h5-9,17H,4,10-13H2,1-3H3. The van der Waals surface area contributed by atoms with Crippen molar-refractivity contribution in [1.29, 1.82) is 5.26 Å². The van der Waals surface area contributed by atoms with Crippen LogP contribution in [0, 0.1) is 18.3 Å². The Morgan fingerprint density at radius 1 is 1.17 bits per heavy atom. The Bertz CT molecular complexity index is 720. The van der Waals surface area contributed by atoms with Crippen LogP contribution in [0.4, 0.5) is 0 Å². The molecule has 24 heavy (non-hydrogen) atoms. The molecule has 1 fully saturated rings. The number of rotatable bonds is 4. The molecule has 2 heterocycles. The minimum absolute atomic E-state index is 0.237. The molecule has 1 atom stereocenters. The number of piperazine rings is 1. The molecule has 1 aliphatic heterocycles. The first-order chi connectivity index (χ1) is 11.7. The van der Waals surface area contributed by atoms with Crippen LogP contribution in [0.3, 0.4) is 0 Å². The predicted octanol–water partition coefficient (Wildman–Crippen LogP) is 2.60. The number of nitriles is 1. The van der Waals surface area contributed by atoms with E-state index in [1.54, 1.807) is 0 Å². The molecule has 1 saturated heterocycles. The van der Waals surface area contributed by atoms with Crippen molar-refractivity contribution in [2.75, 3.05) is 32.7 Å². The third-order valence-corrected chi connectivity index (χ3v) is 4.96. The van der Waals surface area contributed by atoms with E-state index in [1.807, 2.05) is 32.2 Å². The van der Waals surface area contributed by atoms with E-state index in [0.717, 1.165) is 55.5 Å². The molecule has 0 amide bonds. The second-order valence-corrected chi connectivity index (χ2v) is 6.33. The van der Waals surface area contributed by atoms with E-state index in [9.17, 15) is 5.26 Å². The fourth-order valence-corrected chi connectivity index (χ4v) is 3.53. The maximum Gasteiger partial charge on any atom is 0.140 e. The van der Waals surface area contributed by atoms with Gasteiger partial charge in [0.1, 0.15) is 11.9 Å². The van der Waals surface area contributed by atoms with Gasteiger partial charge in [0.15, 0.2) is 0 Å². The lowest BCUT2D eigenvalue weighted by atomic mass is 10.1. The van der Waals surface area contributed by atoms with Crippen LogP contribution in [0.15, 0.2) is 30.3 Å². The molecular formula is C19H25N5. The van der Waals surface area contributed by atoms with Crippen LogP contribution in [0.25, 0.3) is 11.4 Å². The predicted molar refractivity (Wildman–Crippen MR) is 95.4 cm³/mol. The average Bonchev–Trinajstić information content (AvgIpc) is 2.92. The molecule has 1 unspecified atom stereocenters. The van der Waals surface area contributed by atoms with Crippen LogP contribution < -0.4 is 0 Å². The van der Waals surface area contributed by atoms with Crippen molar-refractivity contribution in [2.45, 2.75) is 19.9 Å². The monoisotopic (exact) mass is 323 g/mol. The maximum atomic E-state index is 9.84. The van der Waals surface area contributed by atoms with E-state index in [4.69, 9.17) is 4.98 Å². The minimum Gasteiger partial charge on any atom is -0.329 e. The normalized spacial score (nSPS) is 17.6. The Balaban J connectivity index is 1.91. The molecule has 2 aromatic rings. The van der Waals surface area contributed by atoms with Crippen LogP contribution in [-0.2, 0) is 7.05 Å². The first kappa shape index (κ1) is 16.7. The zero-order valence-electron chi connectivity index (χ0n) is 14.7. The van der Waals surface area contributed by atoms with Gasteiger partial charge < -0.3 is 9.47 Å². The lowest BCUT2D eigenvalue weighted by Gasteiger charge is -2.36. The highest BCUT2D eigenvalue weighted by Crippen LogP contribution is 2.28. The SMILES string of the molecule is CCN1CCN(C(C#N)c2c(C)nc(-c3ccccc3)n2C)CC1. The molecule has 126 valence electrons. The number of hydrogen-bond acceptors (Lipinski definition) is 4. The number of imidazole rings is 1. The molecular weight excluding hydrogens is 298 g/mol. The van der Waals surface area contributed by atoms with Gasteiger partial charge in [0.25, 0.3) is 0 Å². The topological polar surface area (TPSA) is 48.1 Å². The van der Waals surface area contributed by atoms with Crippen LogP contribution >= 0.6 is 0 Å². The Morgan fingerprint density at radius 3 is 2.42 bits per heavy atom. The van der Waals surface area contributed by atoms with Gasteiger partial charge in [-0.3, -0.25) is 4.90 Å². The van der Waals surface area contributed by atoms with Crippen LogP contribution in [0.5, 0.6) is 0 Å². The van der Waals surface area contributed by atoms with Gasteiger partial charge in [0, 0.05) is 38.8 Å². The number of benzene rings is 1. The quantitative estimate of drug-likeness (QED) is 0.868. The molecule has 1 aliphatic rings. The van der Waals surface area contributed by atoms with Crippen molar-refractivity contribution in [3.63, 3.8) is 0 Å². The molecule has 1 aromatic carbocycles. The van der Waals surface area contributed by atoms with Gasteiger partial charge in [-0.05, 0) is 13.5 Å². The summed E-state index contributed by atoms with van der Waals surface area (Å²) >= 11 is 0. The van der Waals surface area contributed by atoms with Crippen molar-refractivity contribution in [3.05, 3.63) is 41.7 Å². The molecule has 5 nitrogen and oxygen atoms in total. The van der Waals surface area contributed by atoms with Gasteiger partial charge in [0.05, 0.1) is 17.5 Å². The molecule has 5 heteroatoms. The molecule has 0 saturated carbocycles. The van der Waals surface area contributed by atoms with Crippen LogP contribution in [0.2, 0.25) is 0 Å². The summed E-state index contributed by atoms with van der Waals surface area (Å²) in [5.41, 5.74) is 3.05. The van der Waals surface area contributed by atoms with E-state index in [1.165, 1.54) is 0 Å². The third-order valence-electron chi connectivity index (χ3n) is 4.96. The molecule has 0 spiro atoms. The Kier molecular flexibility index (Phi) is 4.98. The Labute approximate surface area is 144 Å². The fraction of sp³-hybridized carbons (Fsp3) is 0.474. The molecule has 3 rings (SSSR count). The van der Waals surface area contributed by atoms with E-state index < -0.39 is 0 Å². The first-order valence-electron chi connectivity index (χ1n) is 8.60. The smallest absolute Gasteiger partial charge is 0.140 e. The highest BCUT2D eigenvalue weighted by atomic mass is 15.3. The largest absolute Gasteiger partial charge is 0.329 e. The van der Waals surface area contributed by atoms with Gasteiger partial charge in [-0.2, -0.15) is 5.26 Å². The lowest BCUT2D eigenvalue weighted by Crippen LogP contribution is -2.47. The van der Waals surface area contributed by atoms with Crippen molar-refractivity contribution < 1.29 is 0 Å². The summed E-state index contributed by atoms with van der Waals surface area (Å²) < 4.78 is 2.09. The zero-order valence-corrected chi connectivity index (χ0v) is 14.7. The summed E-state index contributed by atoms with van der Waals surface area (Å²) in [5, 5.41) is 9.84. The van der Waals surface area contributed by atoms with Crippen molar-refractivity contribution in [2.24, 2.45) is 7.05 Å². The first-order valence-corrected chi connectivity index (χ1v) is 8.60. The number of aryl methyl sites for hydroxylation is 1. The molecule has 0 bridgehead atoms. The molecule has 0 aliphatic carbocycles. The van der Waals surface area contributed by atoms with Gasteiger partial charge in [-0.25, -0.2) is 4.98 Å². The van der Waals surface area contributed by atoms with Crippen molar-refractivity contribution >= 4 is 0 Å². The average molecular weight is 323 g/mol. The minimum atomic E-state index is -0.237. The summed E-state index contributed by atoms with van der Waals surface area (Å²) in [4.78, 5) is 9.46. The second-order valence-electron chi connectivity index (χ2n) is 6.33. The number of aromatic nitrogens is 2. The Morgan fingerprint density at radius 2 is 1.83 bits per heavy atom. The fourth-order valence-electron chi connectivity index (χ4n) is 3.53. The van der Waals surface area contributed by atoms with E-state index >= 15 is 0 Å². The molecule has 1 aromatic heterocycles. The van der Waals surface area contributed by atoms with Crippen molar-refractivity contribution in [3.8, 4) is 17.5 Å². The lowest BCUT2D eigenvalue weighted by molar-refractivity contribution is 0.116. The summed E-state index contributed by atoms with van der Waals surface area (Å²) in [5.74, 6) is 0.926. The number of likely N-dealkylation sites (N-methyl/N-ethyl adjacent to an activating group) is 1. The summed E-state index contributed by atoms with van der Waals surface area (Å²) in [6, 6.07) is 12.4. The van der Waals surface area contributed by atoms with Crippen LogP contribution in [-0.4, -0.2) is 52.1 Å². The zero-order chi connectivity index (χ0) is 17.1. The van der Waals surface area contributed by atoms with E-state index in [0.29, 0.717) is 0 Å². The van der Waals surface area contributed by atoms with Gasteiger partial charge in [0.2, 0.25) is 0 Å². The number of nitrogens with zero attached hydrogens (tertiary/aromatic N) is 5. The third kappa shape index (κ3) is 3.08. The van der Waals surface area contributed by atoms with Gasteiger partial charge >= 0.3 is 0 Å². The number of hydrogen-bond donors (Lipinski definition) is 0.